The number of carbonyl (C=O) groups excluding carboxylic acids is 3. The number of nitrogens with one attached hydrogen (secondary N) is 3. The second kappa shape index (κ2) is 10.1. The standard InChI is InChI=1S/C24H28ClFN6O3/c1-23(2,32(3)4)12-28-21(34)19-24(22(27)35,30-13-29-19)14-5-8-16(9-6-14)31-20(33)17-10-7-15(26)11-18(17)25/h5-11,30H,12-13H2,1-4H3,(H2,27,35)(H,28,34)(H,31,33). The van der Waals surface area contributed by atoms with Crippen molar-refractivity contribution in [2.24, 2.45) is 10.7 Å². The molecule has 0 radical (unpaired) electrons. The topological polar surface area (TPSA) is 129 Å². The van der Waals surface area contributed by atoms with Crippen molar-refractivity contribution in [2.45, 2.75) is 24.9 Å². The number of likely N-dealkylation sites (N-methyl/N-ethyl adjacent to an activating group) is 1. The van der Waals surface area contributed by atoms with Gasteiger partial charge in [0, 0.05) is 17.8 Å². The van der Waals surface area contributed by atoms with Gasteiger partial charge >= 0.3 is 0 Å². The summed E-state index contributed by atoms with van der Waals surface area (Å²) in [6.07, 6.45) is 0. The lowest BCUT2D eigenvalue weighted by Gasteiger charge is -2.33. The minimum Gasteiger partial charge on any atom is -0.367 e. The number of rotatable bonds is 8. The number of nitrogens with zero attached hydrogens (tertiary/aromatic N) is 2. The zero-order valence-electron chi connectivity index (χ0n) is 19.9. The Labute approximate surface area is 207 Å². The maximum Gasteiger partial charge on any atom is 0.268 e. The third-order valence-corrected chi connectivity index (χ3v) is 6.48. The zero-order valence-corrected chi connectivity index (χ0v) is 20.7. The predicted octanol–water partition coefficient (Wildman–Crippen LogP) is 1.87. The molecule has 5 N–H and O–H groups in total. The highest BCUT2D eigenvalue weighted by Gasteiger charge is 2.49. The second-order valence-electron chi connectivity index (χ2n) is 9.00. The molecule has 11 heteroatoms. The zero-order chi connectivity index (χ0) is 26.0. The van der Waals surface area contributed by atoms with Crippen LogP contribution < -0.4 is 21.7 Å². The molecule has 1 unspecified atom stereocenters. The van der Waals surface area contributed by atoms with Gasteiger partial charge in [-0.3, -0.25) is 24.7 Å². The minimum atomic E-state index is -1.63. The van der Waals surface area contributed by atoms with Crippen LogP contribution in [0.4, 0.5) is 10.1 Å². The summed E-state index contributed by atoms with van der Waals surface area (Å²) in [6, 6.07) is 9.71. The molecular formula is C24H28ClFN6O3. The van der Waals surface area contributed by atoms with Crippen molar-refractivity contribution in [3.63, 3.8) is 0 Å². The first-order valence-corrected chi connectivity index (χ1v) is 11.2. The Hall–Kier alpha value is -3.34. The van der Waals surface area contributed by atoms with Gasteiger partial charge < -0.3 is 21.3 Å². The molecule has 1 heterocycles. The minimum absolute atomic E-state index is 0.0220. The molecule has 0 aliphatic carbocycles. The van der Waals surface area contributed by atoms with E-state index in [1.165, 1.54) is 6.07 Å². The van der Waals surface area contributed by atoms with E-state index in [4.69, 9.17) is 17.3 Å². The molecule has 3 amide bonds. The summed E-state index contributed by atoms with van der Waals surface area (Å²) in [5.41, 5.74) is 4.66. The molecule has 0 saturated carbocycles. The van der Waals surface area contributed by atoms with Gasteiger partial charge in [0.1, 0.15) is 11.5 Å². The largest absolute Gasteiger partial charge is 0.367 e. The van der Waals surface area contributed by atoms with Crippen molar-refractivity contribution in [2.75, 3.05) is 32.6 Å². The number of aliphatic imine (C=N–C) groups is 1. The van der Waals surface area contributed by atoms with Gasteiger partial charge in [-0.2, -0.15) is 0 Å². The molecule has 0 aromatic heterocycles. The summed E-state index contributed by atoms with van der Waals surface area (Å²) in [4.78, 5) is 44.4. The predicted molar refractivity (Wildman–Crippen MR) is 133 cm³/mol. The van der Waals surface area contributed by atoms with Crippen molar-refractivity contribution >= 4 is 40.7 Å². The Kier molecular flexibility index (Phi) is 7.59. The van der Waals surface area contributed by atoms with Crippen molar-refractivity contribution in [3.8, 4) is 0 Å². The van der Waals surface area contributed by atoms with E-state index in [-0.39, 0.29) is 28.5 Å². The van der Waals surface area contributed by atoms with E-state index in [1.807, 2.05) is 32.8 Å². The van der Waals surface area contributed by atoms with Crippen molar-refractivity contribution < 1.29 is 18.8 Å². The van der Waals surface area contributed by atoms with E-state index in [2.05, 4.69) is 20.9 Å². The lowest BCUT2D eigenvalue weighted by atomic mass is 9.84. The van der Waals surface area contributed by atoms with Crippen molar-refractivity contribution in [1.82, 2.24) is 15.5 Å². The maximum absolute atomic E-state index is 13.3. The number of anilines is 1. The smallest absolute Gasteiger partial charge is 0.268 e. The number of nitrogens with two attached hydrogens (primary N) is 1. The Morgan fingerprint density at radius 2 is 1.83 bits per heavy atom. The molecule has 2 aromatic carbocycles. The van der Waals surface area contributed by atoms with Crippen molar-refractivity contribution in [3.05, 3.63) is 64.4 Å². The van der Waals surface area contributed by atoms with Crippen LogP contribution in [0.3, 0.4) is 0 Å². The Bertz CT molecular complexity index is 1180. The van der Waals surface area contributed by atoms with Crippen LogP contribution in [0.1, 0.15) is 29.8 Å². The summed E-state index contributed by atoms with van der Waals surface area (Å²) in [5.74, 6) is -2.38. The van der Waals surface area contributed by atoms with Gasteiger partial charge in [-0.1, -0.05) is 23.7 Å². The van der Waals surface area contributed by atoms with Crippen LogP contribution >= 0.6 is 11.6 Å². The highest BCUT2D eigenvalue weighted by Crippen LogP contribution is 2.28. The molecule has 0 bridgehead atoms. The van der Waals surface area contributed by atoms with Gasteiger partial charge in [0.15, 0.2) is 5.54 Å². The lowest BCUT2D eigenvalue weighted by Crippen LogP contribution is -2.59. The number of hydrogen-bond donors (Lipinski definition) is 4. The number of carbonyl (C=O) groups is 3. The molecule has 0 spiro atoms. The molecule has 35 heavy (non-hydrogen) atoms. The first-order valence-electron chi connectivity index (χ1n) is 10.8. The van der Waals surface area contributed by atoms with Crippen LogP contribution in [0.25, 0.3) is 0 Å². The molecular weight excluding hydrogens is 475 g/mol. The van der Waals surface area contributed by atoms with Gasteiger partial charge in [0.2, 0.25) is 5.91 Å². The van der Waals surface area contributed by atoms with E-state index in [9.17, 15) is 18.8 Å². The number of benzene rings is 2. The number of primary amides is 1. The summed E-state index contributed by atoms with van der Waals surface area (Å²) in [5, 5.41) is 8.42. The summed E-state index contributed by atoms with van der Waals surface area (Å²) >= 11 is 5.96. The Balaban J connectivity index is 1.82. The highest BCUT2D eigenvalue weighted by atomic mass is 35.5. The van der Waals surface area contributed by atoms with Crippen LogP contribution in [0, 0.1) is 5.82 Å². The molecule has 9 nitrogen and oxygen atoms in total. The fourth-order valence-corrected chi connectivity index (χ4v) is 3.73. The van der Waals surface area contributed by atoms with E-state index in [1.54, 1.807) is 24.3 Å². The molecule has 186 valence electrons. The molecule has 0 saturated heterocycles. The SMILES string of the molecule is CN(C)C(C)(C)CNC(=O)C1=NCNC1(C(N)=O)c1ccc(NC(=O)c2ccc(F)cc2Cl)cc1. The average molecular weight is 503 g/mol. The molecule has 1 aliphatic rings. The van der Waals surface area contributed by atoms with Gasteiger partial charge in [0.05, 0.1) is 17.3 Å². The van der Waals surface area contributed by atoms with E-state index in [0.717, 1.165) is 12.1 Å². The van der Waals surface area contributed by atoms with E-state index in [0.29, 0.717) is 17.8 Å². The molecule has 1 aliphatic heterocycles. The number of hydrogen-bond acceptors (Lipinski definition) is 6. The average Bonchev–Trinajstić information content (AvgIpc) is 3.24. The van der Waals surface area contributed by atoms with Crippen LogP contribution in [0.15, 0.2) is 47.5 Å². The second-order valence-corrected chi connectivity index (χ2v) is 9.41. The monoisotopic (exact) mass is 502 g/mol. The van der Waals surface area contributed by atoms with Crippen LogP contribution in [0.5, 0.6) is 0 Å². The highest BCUT2D eigenvalue weighted by molar-refractivity contribution is 6.47. The third-order valence-electron chi connectivity index (χ3n) is 6.17. The maximum atomic E-state index is 13.3. The molecule has 1 atom stereocenters. The number of halogens is 2. The van der Waals surface area contributed by atoms with Gasteiger partial charge in [-0.05, 0) is 63.8 Å². The van der Waals surface area contributed by atoms with Gasteiger partial charge in [0.25, 0.3) is 11.8 Å². The van der Waals surface area contributed by atoms with Gasteiger partial charge in [-0.15, -0.1) is 0 Å². The molecule has 3 rings (SSSR count). The Morgan fingerprint density at radius 1 is 1.17 bits per heavy atom. The third kappa shape index (κ3) is 5.34. The van der Waals surface area contributed by atoms with E-state index < -0.39 is 29.1 Å². The quantitative estimate of drug-likeness (QED) is 0.438. The summed E-state index contributed by atoms with van der Waals surface area (Å²) < 4.78 is 13.3. The van der Waals surface area contributed by atoms with Crippen LogP contribution in [0.2, 0.25) is 5.02 Å². The molecule has 2 aromatic rings. The van der Waals surface area contributed by atoms with Crippen LogP contribution in [-0.2, 0) is 15.1 Å². The van der Waals surface area contributed by atoms with Crippen LogP contribution in [-0.4, -0.2) is 61.2 Å². The fraction of sp³-hybridized carbons (Fsp3) is 0.333. The number of amides is 3. The van der Waals surface area contributed by atoms with E-state index >= 15 is 0 Å². The Morgan fingerprint density at radius 3 is 2.40 bits per heavy atom. The summed E-state index contributed by atoms with van der Waals surface area (Å²) in [6.45, 7) is 4.29. The first-order chi connectivity index (χ1) is 16.4. The fourth-order valence-electron chi connectivity index (χ4n) is 3.48. The molecule has 0 fully saturated rings. The van der Waals surface area contributed by atoms with Crippen molar-refractivity contribution in [1.29, 1.82) is 0 Å². The van der Waals surface area contributed by atoms with Gasteiger partial charge in [-0.25, -0.2) is 4.39 Å². The first kappa shape index (κ1) is 26.3. The lowest BCUT2D eigenvalue weighted by molar-refractivity contribution is -0.123. The normalized spacial score (nSPS) is 17.7. The summed E-state index contributed by atoms with van der Waals surface area (Å²) in [7, 11) is 3.80.